The van der Waals surface area contributed by atoms with Crippen molar-refractivity contribution >= 4 is 27.5 Å². The maximum absolute atomic E-state index is 5.80. The van der Waals surface area contributed by atoms with E-state index in [1.807, 2.05) is 12.1 Å². The van der Waals surface area contributed by atoms with Crippen molar-refractivity contribution in [3.63, 3.8) is 0 Å². The molecule has 0 atom stereocenters. The fourth-order valence-corrected chi connectivity index (χ4v) is 1.88. The third-order valence-electron chi connectivity index (χ3n) is 2.20. The van der Waals surface area contributed by atoms with Crippen molar-refractivity contribution in [3.05, 3.63) is 52.5 Å². The minimum Gasteiger partial charge on any atom is -0.329 e. The summed E-state index contributed by atoms with van der Waals surface area (Å²) in [5, 5.41) is 0. The summed E-state index contributed by atoms with van der Waals surface area (Å²) in [7, 11) is 0. The van der Waals surface area contributed by atoms with Crippen LogP contribution in [0.25, 0.3) is 0 Å². The Morgan fingerprint density at radius 3 is 2.67 bits per heavy atom. The van der Waals surface area contributed by atoms with Gasteiger partial charge in [-0.25, -0.2) is 4.98 Å². The Kier molecular flexibility index (Phi) is 3.44. The molecule has 4 heteroatoms. The zero-order valence-corrected chi connectivity index (χ0v) is 10.4. The van der Waals surface area contributed by atoms with Gasteiger partial charge in [0.05, 0.1) is 17.9 Å². The van der Waals surface area contributed by atoms with Gasteiger partial charge in [-0.15, -0.1) is 11.6 Å². The third kappa shape index (κ3) is 2.61. The summed E-state index contributed by atoms with van der Waals surface area (Å²) < 4.78 is 3.14. The van der Waals surface area contributed by atoms with Crippen LogP contribution >= 0.6 is 27.5 Å². The minimum absolute atomic E-state index is 0.497. The van der Waals surface area contributed by atoms with Crippen molar-refractivity contribution in [1.82, 2.24) is 9.55 Å². The van der Waals surface area contributed by atoms with E-state index in [0.29, 0.717) is 5.88 Å². The molecule has 0 unspecified atom stereocenters. The van der Waals surface area contributed by atoms with Crippen LogP contribution in [0, 0.1) is 0 Å². The molecule has 2 aromatic rings. The number of alkyl halides is 1. The lowest BCUT2D eigenvalue weighted by atomic mass is 10.2. The van der Waals surface area contributed by atoms with Gasteiger partial charge in [0, 0.05) is 17.2 Å². The van der Waals surface area contributed by atoms with Gasteiger partial charge in [-0.2, -0.15) is 0 Å². The van der Waals surface area contributed by atoms with Crippen LogP contribution in [0.4, 0.5) is 0 Å². The highest BCUT2D eigenvalue weighted by molar-refractivity contribution is 9.10. The lowest BCUT2D eigenvalue weighted by molar-refractivity contribution is 0.765. The van der Waals surface area contributed by atoms with Crippen molar-refractivity contribution in [2.45, 2.75) is 12.4 Å². The highest BCUT2D eigenvalue weighted by Gasteiger charge is 2.01. The standard InChI is InChI=1S/C11H10BrClN2/c12-10-3-1-9(2-4-10)7-15-8-14-6-11(15)5-13/h1-4,6,8H,5,7H2. The lowest BCUT2D eigenvalue weighted by Gasteiger charge is -2.06. The molecule has 0 saturated heterocycles. The van der Waals surface area contributed by atoms with Crippen LogP contribution < -0.4 is 0 Å². The van der Waals surface area contributed by atoms with Crippen LogP contribution in [0.15, 0.2) is 41.3 Å². The molecule has 0 N–H and O–H groups in total. The van der Waals surface area contributed by atoms with E-state index < -0.39 is 0 Å². The number of benzene rings is 1. The molecular weight excluding hydrogens is 275 g/mol. The summed E-state index contributed by atoms with van der Waals surface area (Å²) in [5.41, 5.74) is 2.28. The molecule has 0 fully saturated rings. The lowest BCUT2D eigenvalue weighted by Crippen LogP contribution is -2.01. The normalized spacial score (nSPS) is 10.5. The summed E-state index contributed by atoms with van der Waals surface area (Å²) in [4.78, 5) is 4.08. The van der Waals surface area contributed by atoms with E-state index in [-0.39, 0.29) is 0 Å². The SMILES string of the molecule is ClCc1cncn1Cc1ccc(Br)cc1. The van der Waals surface area contributed by atoms with Crippen LogP contribution in [0.3, 0.4) is 0 Å². The van der Waals surface area contributed by atoms with Crippen LogP contribution in [0.5, 0.6) is 0 Å². The number of hydrogen-bond acceptors (Lipinski definition) is 1. The quantitative estimate of drug-likeness (QED) is 0.790. The van der Waals surface area contributed by atoms with Gasteiger partial charge < -0.3 is 4.57 Å². The van der Waals surface area contributed by atoms with Gasteiger partial charge in [-0.3, -0.25) is 0 Å². The zero-order valence-electron chi connectivity index (χ0n) is 8.03. The zero-order chi connectivity index (χ0) is 10.7. The second-order valence-electron chi connectivity index (χ2n) is 3.27. The topological polar surface area (TPSA) is 17.8 Å². The summed E-state index contributed by atoms with van der Waals surface area (Å²) in [6, 6.07) is 8.24. The maximum Gasteiger partial charge on any atom is 0.0951 e. The van der Waals surface area contributed by atoms with Gasteiger partial charge in [0.1, 0.15) is 0 Å². The van der Waals surface area contributed by atoms with E-state index in [1.165, 1.54) is 5.56 Å². The highest BCUT2D eigenvalue weighted by atomic mass is 79.9. The molecule has 0 aliphatic rings. The van der Waals surface area contributed by atoms with E-state index in [9.17, 15) is 0 Å². The van der Waals surface area contributed by atoms with E-state index in [1.54, 1.807) is 12.5 Å². The molecule has 0 spiro atoms. The number of rotatable bonds is 3. The van der Waals surface area contributed by atoms with Crippen molar-refractivity contribution in [1.29, 1.82) is 0 Å². The first-order valence-electron chi connectivity index (χ1n) is 4.59. The van der Waals surface area contributed by atoms with Crippen molar-refractivity contribution < 1.29 is 0 Å². The van der Waals surface area contributed by atoms with Gasteiger partial charge in [0.15, 0.2) is 0 Å². The Morgan fingerprint density at radius 1 is 1.27 bits per heavy atom. The molecule has 1 aromatic heterocycles. The van der Waals surface area contributed by atoms with Crippen LogP contribution in [-0.4, -0.2) is 9.55 Å². The van der Waals surface area contributed by atoms with E-state index in [0.717, 1.165) is 16.7 Å². The van der Waals surface area contributed by atoms with Crippen molar-refractivity contribution in [2.24, 2.45) is 0 Å². The molecule has 1 aromatic carbocycles. The molecule has 0 amide bonds. The average molecular weight is 286 g/mol. The Morgan fingerprint density at radius 2 is 2.00 bits per heavy atom. The van der Waals surface area contributed by atoms with E-state index >= 15 is 0 Å². The second kappa shape index (κ2) is 4.81. The average Bonchev–Trinajstić information content (AvgIpc) is 2.69. The highest BCUT2D eigenvalue weighted by Crippen LogP contribution is 2.13. The maximum atomic E-state index is 5.80. The van der Waals surface area contributed by atoms with Gasteiger partial charge in [-0.1, -0.05) is 28.1 Å². The molecular formula is C11H10BrClN2. The van der Waals surface area contributed by atoms with E-state index in [2.05, 4.69) is 37.6 Å². The third-order valence-corrected chi connectivity index (χ3v) is 3.00. The van der Waals surface area contributed by atoms with E-state index in [4.69, 9.17) is 11.6 Å². The molecule has 0 bridgehead atoms. The first kappa shape index (κ1) is 10.7. The van der Waals surface area contributed by atoms with Crippen LogP contribution in [0.1, 0.15) is 11.3 Å². The number of nitrogens with zero attached hydrogens (tertiary/aromatic N) is 2. The number of halogens is 2. The summed E-state index contributed by atoms with van der Waals surface area (Å²) in [6.07, 6.45) is 3.60. The predicted molar refractivity (Wildman–Crippen MR) is 65.0 cm³/mol. The second-order valence-corrected chi connectivity index (χ2v) is 4.46. The molecule has 0 aliphatic heterocycles. The first-order chi connectivity index (χ1) is 7.29. The molecule has 0 radical (unpaired) electrons. The number of imidazole rings is 1. The molecule has 1 heterocycles. The van der Waals surface area contributed by atoms with Crippen LogP contribution in [-0.2, 0) is 12.4 Å². The molecule has 15 heavy (non-hydrogen) atoms. The Hall–Kier alpha value is -0.800. The van der Waals surface area contributed by atoms with Gasteiger partial charge in [0.2, 0.25) is 0 Å². The van der Waals surface area contributed by atoms with Crippen molar-refractivity contribution in [2.75, 3.05) is 0 Å². The first-order valence-corrected chi connectivity index (χ1v) is 5.92. The summed E-state index contributed by atoms with van der Waals surface area (Å²) in [5.74, 6) is 0.497. The minimum atomic E-state index is 0.497. The Labute approximate surface area is 102 Å². The summed E-state index contributed by atoms with van der Waals surface area (Å²) >= 11 is 9.21. The smallest absolute Gasteiger partial charge is 0.0951 e. The molecule has 2 nitrogen and oxygen atoms in total. The summed E-state index contributed by atoms with van der Waals surface area (Å²) in [6.45, 7) is 0.815. The fraction of sp³-hybridized carbons (Fsp3) is 0.182. The van der Waals surface area contributed by atoms with Gasteiger partial charge in [0.25, 0.3) is 0 Å². The monoisotopic (exact) mass is 284 g/mol. The molecule has 78 valence electrons. The molecule has 0 saturated carbocycles. The van der Waals surface area contributed by atoms with Crippen molar-refractivity contribution in [3.8, 4) is 0 Å². The van der Waals surface area contributed by atoms with Gasteiger partial charge in [-0.05, 0) is 17.7 Å². The number of aromatic nitrogens is 2. The Bertz CT molecular complexity index is 436. The van der Waals surface area contributed by atoms with Gasteiger partial charge >= 0.3 is 0 Å². The number of hydrogen-bond donors (Lipinski definition) is 0. The predicted octanol–water partition coefficient (Wildman–Crippen LogP) is 3.43. The molecule has 0 aliphatic carbocycles. The Balaban J connectivity index is 2.18. The van der Waals surface area contributed by atoms with Crippen LogP contribution in [0.2, 0.25) is 0 Å². The molecule has 2 rings (SSSR count). The largest absolute Gasteiger partial charge is 0.329 e. The fourth-order valence-electron chi connectivity index (χ4n) is 1.39.